The maximum atomic E-state index is 12.3. The van der Waals surface area contributed by atoms with Crippen molar-refractivity contribution in [1.82, 2.24) is 20.0 Å². The number of anilines is 1. The lowest BCUT2D eigenvalue weighted by Crippen LogP contribution is -2.47. The number of likely N-dealkylation sites (N-methyl/N-ethyl adjacent to an activating group) is 1. The number of rotatable bonds is 7. The van der Waals surface area contributed by atoms with Crippen LogP contribution in [0.2, 0.25) is 0 Å². The van der Waals surface area contributed by atoms with E-state index in [2.05, 4.69) is 34.5 Å². The van der Waals surface area contributed by atoms with Gasteiger partial charge in [-0.15, -0.1) is 0 Å². The van der Waals surface area contributed by atoms with E-state index >= 15 is 0 Å². The maximum Gasteiger partial charge on any atom is 0.244 e. The Bertz CT molecular complexity index is 460. The molecule has 0 aromatic carbocycles. The Kier molecular flexibility index (Phi) is 5.36. The fourth-order valence-corrected chi connectivity index (χ4v) is 2.69. The third kappa shape index (κ3) is 4.04. The van der Waals surface area contributed by atoms with E-state index in [-0.39, 0.29) is 5.91 Å². The van der Waals surface area contributed by atoms with Crippen LogP contribution in [0.4, 0.5) is 5.69 Å². The van der Waals surface area contributed by atoms with E-state index in [1.165, 1.54) is 0 Å². The third-order valence-corrected chi connectivity index (χ3v) is 4.30. The molecule has 0 bridgehead atoms. The lowest BCUT2D eigenvalue weighted by Gasteiger charge is -2.22. The smallest absolute Gasteiger partial charge is 0.244 e. The molecule has 1 atom stereocenters. The topological polar surface area (TPSA) is 62.2 Å². The lowest BCUT2D eigenvalue weighted by molar-refractivity contribution is -0.121. The lowest BCUT2D eigenvalue weighted by atomic mass is 9.99. The highest BCUT2D eigenvalue weighted by molar-refractivity contribution is 5.97. The summed E-state index contributed by atoms with van der Waals surface area (Å²) in [7, 11) is 0. The Morgan fingerprint density at radius 3 is 2.90 bits per heavy atom. The van der Waals surface area contributed by atoms with E-state index in [1.54, 1.807) is 6.20 Å². The molecule has 1 amide bonds. The summed E-state index contributed by atoms with van der Waals surface area (Å²) >= 11 is 0. The predicted molar refractivity (Wildman–Crippen MR) is 84.3 cm³/mol. The molecule has 1 aromatic heterocycles. The molecule has 1 aliphatic heterocycles. The van der Waals surface area contributed by atoms with Crippen LogP contribution < -0.4 is 10.6 Å². The number of hydrogen-bond acceptors (Lipinski definition) is 4. The average molecular weight is 293 g/mol. The van der Waals surface area contributed by atoms with Crippen molar-refractivity contribution in [3.8, 4) is 0 Å². The van der Waals surface area contributed by atoms with E-state index in [0.717, 1.165) is 51.3 Å². The van der Waals surface area contributed by atoms with Crippen LogP contribution in [0.15, 0.2) is 12.4 Å². The van der Waals surface area contributed by atoms with E-state index in [0.29, 0.717) is 0 Å². The Balaban J connectivity index is 1.86. The van der Waals surface area contributed by atoms with Gasteiger partial charge < -0.3 is 15.5 Å². The first-order valence-electron chi connectivity index (χ1n) is 7.88. The molecule has 0 aliphatic carbocycles. The van der Waals surface area contributed by atoms with Crippen LogP contribution >= 0.6 is 0 Å². The van der Waals surface area contributed by atoms with Crippen LogP contribution in [-0.2, 0) is 11.3 Å². The van der Waals surface area contributed by atoms with Crippen molar-refractivity contribution >= 4 is 11.6 Å². The number of nitrogens with zero attached hydrogens (tertiary/aromatic N) is 3. The zero-order chi connectivity index (χ0) is 15.3. The van der Waals surface area contributed by atoms with Gasteiger partial charge in [0.1, 0.15) is 0 Å². The first-order chi connectivity index (χ1) is 10.1. The first kappa shape index (κ1) is 16.0. The van der Waals surface area contributed by atoms with Crippen molar-refractivity contribution < 1.29 is 4.79 Å². The van der Waals surface area contributed by atoms with Gasteiger partial charge in [-0.05, 0) is 39.4 Å². The van der Waals surface area contributed by atoms with Crippen molar-refractivity contribution in [2.45, 2.75) is 45.7 Å². The first-order valence-corrected chi connectivity index (χ1v) is 7.88. The number of hydrogen-bond donors (Lipinski definition) is 2. The number of amides is 1. The zero-order valence-electron chi connectivity index (χ0n) is 13.4. The van der Waals surface area contributed by atoms with Gasteiger partial charge in [0.15, 0.2) is 0 Å². The summed E-state index contributed by atoms with van der Waals surface area (Å²) in [6.07, 6.45) is 5.56. The molecule has 1 aromatic rings. The van der Waals surface area contributed by atoms with Crippen LogP contribution in [0, 0.1) is 0 Å². The summed E-state index contributed by atoms with van der Waals surface area (Å²) in [5, 5.41) is 10.5. The third-order valence-electron chi connectivity index (χ3n) is 4.30. The molecule has 1 fully saturated rings. The fourth-order valence-electron chi connectivity index (χ4n) is 2.69. The summed E-state index contributed by atoms with van der Waals surface area (Å²) in [6.45, 7) is 11.1. The van der Waals surface area contributed by atoms with E-state index in [4.69, 9.17) is 0 Å². The van der Waals surface area contributed by atoms with Gasteiger partial charge in [0.25, 0.3) is 0 Å². The van der Waals surface area contributed by atoms with Crippen molar-refractivity contribution in [2.24, 2.45) is 0 Å². The normalized spacial score (nSPS) is 21.9. The molecule has 1 aliphatic rings. The average Bonchev–Trinajstić information content (AvgIpc) is 3.10. The molecule has 1 saturated heterocycles. The Labute approximate surface area is 126 Å². The summed E-state index contributed by atoms with van der Waals surface area (Å²) in [4.78, 5) is 14.6. The standard InChI is InChI=1S/C15H27N5O/c1-4-19(5-2)9-10-20-12-13(11-17-20)18-14(21)15(3)7-6-8-16-15/h11-12,16H,4-10H2,1-3H3,(H,18,21). The van der Waals surface area contributed by atoms with Gasteiger partial charge in [-0.25, -0.2) is 0 Å². The highest BCUT2D eigenvalue weighted by Crippen LogP contribution is 2.20. The summed E-state index contributed by atoms with van der Waals surface area (Å²) in [6, 6.07) is 0. The predicted octanol–water partition coefficient (Wildman–Crippen LogP) is 1.31. The van der Waals surface area contributed by atoms with Crippen LogP contribution in [0.3, 0.4) is 0 Å². The minimum absolute atomic E-state index is 0.0308. The highest BCUT2D eigenvalue weighted by Gasteiger charge is 2.35. The molecular formula is C15H27N5O. The molecule has 0 radical (unpaired) electrons. The van der Waals surface area contributed by atoms with Gasteiger partial charge in [0.05, 0.1) is 24.0 Å². The minimum Gasteiger partial charge on any atom is -0.322 e. The largest absolute Gasteiger partial charge is 0.322 e. The van der Waals surface area contributed by atoms with E-state index < -0.39 is 5.54 Å². The minimum atomic E-state index is -0.441. The molecule has 2 heterocycles. The van der Waals surface area contributed by atoms with E-state index in [1.807, 2.05) is 17.8 Å². The summed E-state index contributed by atoms with van der Waals surface area (Å²) in [5.74, 6) is 0.0308. The Morgan fingerprint density at radius 2 is 2.29 bits per heavy atom. The van der Waals surface area contributed by atoms with Crippen LogP contribution in [0.25, 0.3) is 0 Å². The monoisotopic (exact) mass is 293 g/mol. The molecule has 6 nitrogen and oxygen atoms in total. The van der Waals surface area contributed by atoms with Crippen molar-refractivity contribution in [2.75, 3.05) is 31.5 Å². The van der Waals surface area contributed by atoms with Crippen LogP contribution in [-0.4, -0.2) is 52.3 Å². The molecule has 2 N–H and O–H groups in total. The second-order valence-electron chi connectivity index (χ2n) is 5.84. The number of carbonyl (C=O) groups is 1. The van der Waals surface area contributed by atoms with E-state index in [9.17, 15) is 4.79 Å². The SMILES string of the molecule is CCN(CC)CCn1cc(NC(=O)C2(C)CCCN2)cn1. The van der Waals surface area contributed by atoms with Crippen LogP contribution in [0.5, 0.6) is 0 Å². The Morgan fingerprint density at radius 1 is 1.52 bits per heavy atom. The van der Waals surface area contributed by atoms with Crippen molar-refractivity contribution in [1.29, 1.82) is 0 Å². The molecular weight excluding hydrogens is 266 g/mol. The summed E-state index contributed by atoms with van der Waals surface area (Å²) < 4.78 is 1.89. The molecule has 1 unspecified atom stereocenters. The van der Waals surface area contributed by atoms with Gasteiger partial charge in [-0.3, -0.25) is 9.48 Å². The summed E-state index contributed by atoms with van der Waals surface area (Å²) in [5.41, 5.74) is 0.332. The number of aromatic nitrogens is 2. The molecule has 6 heteroatoms. The molecule has 0 spiro atoms. The molecule has 21 heavy (non-hydrogen) atoms. The molecule has 0 saturated carbocycles. The number of nitrogens with one attached hydrogen (secondary N) is 2. The second kappa shape index (κ2) is 7.04. The van der Waals surface area contributed by atoms with Gasteiger partial charge in [-0.1, -0.05) is 13.8 Å². The van der Waals surface area contributed by atoms with Crippen LogP contribution in [0.1, 0.15) is 33.6 Å². The van der Waals surface area contributed by atoms with Crippen molar-refractivity contribution in [3.05, 3.63) is 12.4 Å². The van der Waals surface area contributed by atoms with Crippen molar-refractivity contribution in [3.63, 3.8) is 0 Å². The second-order valence-corrected chi connectivity index (χ2v) is 5.84. The highest BCUT2D eigenvalue weighted by atomic mass is 16.2. The fraction of sp³-hybridized carbons (Fsp3) is 0.733. The number of carbonyl (C=O) groups excluding carboxylic acids is 1. The quantitative estimate of drug-likeness (QED) is 0.795. The van der Waals surface area contributed by atoms with Gasteiger partial charge in [0, 0.05) is 12.7 Å². The zero-order valence-corrected chi connectivity index (χ0v) is 13.4. The Hall–Kier alpha value is -1.40. The molecule has 2 rings (SSSR count). The molecule has 118 valence electrons. The van der Waals surface area contributed by atoms with Gasteiger partial charge in [0.2, 0.25) is 5.91 Å². The maximum absolute atomic E-state index is 12.3. The van der Waals surface area contributed by atoms with Gasteiger partial charge >= 0.3 is 0 Å². The van der Waals surface area contributed by atoms with Gasteiger partial charge in [-0.2, -0.15) is 5.10 Å².